The Labute approximate surface area is 102 Å². The van der Waals surface area contributed by atoms with Gasteiger partial charge in [-0.3, -0.25) is 0 Å². The molecule has 15 heavy (non-hydrogen) atoms. The van der Waals surface area contributed by atoms with Crippen molar-refractivity contribution in [1.82, 2.24) is 4.90 Å². The second-order valence-corrected chi connectivity index (χ2v) is 6.95. The van der Waals surface area contributed by atoms with Crippen molar-refractivity contribution in [1.29, 1.82) is 0 Å². The van der Waals surface area contributed by atoms with Crippen LogP contribution in [0.3, 0.4) is 0 Å². The molecule has 1 fully saturated rings. The zero-order chi connectivity index (χ0) is 11.5. The summed E-state index contributed by atoms with van der Waals surface area (Å²) in [6, 6.07) is 0. The Kier molecular flexibility index (Phi) is 5.07. The number of alkyl halides is 1. The van der Waals surface area contributed by atoms with Crippen molar-refractivity contribution in [2.45, 2.75) is 44.0 Å². The molecule has 90 valence electrons. The van der Waals surface area contributed by atoms with E-state index < -0.39 is 0 Å². The molecular formula is C12H24BrNO. The van der Waals surface area contributed by atoms with E-state index in [4.69, 9.17) is 4.74 Å². The highest BCUT2D eigenvalue weighted by atomic mass is 79.9. The molecule has 0 N–H and O–H groups in total. The molecule has 0 radical (unpaired) electrons. The van der Waals surface area contributed by atoms with E-state index in [1.165, 1.54) is 19.4 Å². The van der Waals surface area contributed by atoms with Crippen molar-refractivity contribution in [2.75, 3.05) is 26.7 Å². The number of rotatable bonds is 5. The minimum absolute atomic E-state index is 0.00172. The fraction of sp³-hybridized carbons (Fsp3) is 1.00. The molecule has 1 rings (SSSR count). The van der Waals surface area contributed by atoms with Crippen molar-refractivity contribution < 1.29 is 4.74 Å². The highest BCUT2D eigenvalue weighted by Crippen LogP contribution is 2.33. The highest BCUT2D eigenvalue weighted by molar-refractivity contribution is 9.09. The highest BCUT2D eigenvalue weighted by Gasteiger charge is 2.27. The average Bonchev–Trinajstić information content (AvgIpc) is 1.98. The quantitative estimate of drug-likeness (QED) is 0.717. The zero-order valence-electron chi connectivity index (χ0n) is 10.4. The van der Waals surface area contributed by atoms with E-state index in [0.29, 0.717) is 0 Å². The monoisotopic (exact) mass is 277 g/mol. The average molecular weight is 278 g/mol. The van der Waals surface area contributed by atoms with Crippen LogP contribution in [0, 0.1) is 5.92 Å². The van der Waals surface area contributed by atoms with Crippen LogP contribution in [0.25, 0.3) is 0 Å². The number of likely N-dealkylation sites (N-methyl/N-ethyl adjacent to an activating group) is 1. The minimum atomic E-state index is -0.00172. The molecule has 0 aliphatic heterocycles. The summed E-state index contributed by atoms with van der Waals surface area (Å²) in [6.45, 7) is 9.41. The Hall–Kier alpha value is 0.400. The molecule has 0 bridgehead atoms. The molecule has 0 spiro atoms. The lowest BCUT2D eigenvalue weighted by molar-refractivity contribution is -0.0126. The molecule has 1 saturated carbocycles. The molecule has 1 aliphatic rings. The second-order valence-electron chi connectivity index (χ2n) is 5.66. The van der Waals surface area contributed by atoms with Crippen molar-refractivity contribution in [3.8, 4) is 0 Å². The van der Waals surface area contributed by atoms with Crippen LogP contribution in [0.2, 0.25) is 0 Å². The van der Waals surface area contributed by atoms with Gasteiger partial charge in [0.15, 0.2) is 0 Å². The fourth-order valence-electron chi connectivity index (χ4n) is 1.84. The Morgan fingerprint density at radius 3 is 2.40 bits per heavy atom. The van der Waals surface area contributed by atoms with Gasteiger partial charge in [0, 0.05) is 17.9 Å². The van der Waals surface area contributed by atoms with E-state index in [0.717, 1.165) is 23.9 Å². The third-order valence-electron chi connectivity index (χ3n) is 2.76. The summed E-state index contributed by atoms with van der Waals surface area (Å²) in [5, 5.41) is 0. The first-order valence-corrected chi connectivity index (χ1v) is 6.75. The molecule has 0 atom stereocenters. The zero-order valence-corrected chi connectivity index (χ0v) is 12.0. The summed E-state index contributed by atoms with van der Waals surface area (Å²) < 4.78 is 5.70. The first-order chi connectivity index (χ1) is 6.87. The maximum absolute atomic E-state index is 5.70. The van der Waals surface area contributed by atoms with Crippen LogP contribution in [-0.2, 0) is 4.74 Å². The predicted molar refractivity (Wildman–Crippen MR) is 68.6 cm³/mol. The van der Waals surface area contributed by atoms with Gasteiger partial charge >= 0.3 is 0 Å². The van der Waals surface area contributed by atoms with Crippen LogP contribution in [0.5, 0.6) is 0 Å². The van der Waals surface area contributed by atoms with Crippen LogP contribution < -0.4 is 0 Å². The van der Waals surface area contributed by atoms with Gasteiger partial charge in [0.2, 0.25) is 0 Å². The predicted octanol–water partition coefficient (Wildman–Crippen LogP) is 2.91. The molecule has 0 aromatic rings. The van der Waals surface area contributed by atoms with Gasteiger partial charge in [0.1, 0.15) is 0 Å². The maximum atomic E-state index is 5.70. The van der Waals surface area contributed by atoms with Gasteiger partial charge in [-0.25, -0.2) is 0 Å². The van der Waals surface area contributed by atoms with Crippen molar-refractivity contribution in [3.05, 3.63) is 0 Å². The Bertz CT molecular complexity index is 185. The van der Waals surface area contributed by atoms with Crippen molar-refractivity contribution >= 4 is 15.9 Å². The van der Waals surface area contributed by atoms with Crippen LogP contribution in [0.1, 0.15) is 33.6 Å². The number of hydrogen-bond acceptors (Lipinski definition) is 2. The summed E-state index contributed by atoms with van der Waals surface area (Å²) in [5.41, 5.74) is -0.00172. The van der Waals surface area contributed by atoms with Gasteiger partial charge in [-0.15, -0.1) is 0 Å². The molecule has 0 aromatic carbocycles. The van der Waals surface area contributed by atoms with Gasteiger partial charge in [0.25, 0.3) is 0 Å². The Balaban J connectivity index is 2.01. The van der Waals surface area contributed by atoms with E-state index in [2.05, 4.69) is 48.6 Å². The van der Waals surface area contributed by atoms with E-state index in [9.17, 15) is 0 Å². The molecular weight excluding hydrogens is 254 g/mol. The lowest BCUT2D eigenvalue weighted by Crippen LogP contribution is -2.36. The summed E-state index contributed by atoms with van der Waals surface area (Å²) in [4.78, 5) is 3.16. The number of nitrogens with zero attached hydrogens (tertiary/aromatic N) is 1. The molecule has 0 saturated heterocycles. The van der Waals surface area contributed by atoms with Gasteiger partial charge in [0.05, 0.1) is 12.2 Å². The largest absolute Gasteiger partial charge is 0.375 e. The van der Waals surface area contributed by atoms with Crippen LogP contribution >= 0.6 is 15.9 Å². The van der Waals surface area contributed by atoms with Crippen molar-refractivity contribution in [2.24, 2.45) is 5.92 Å². The van der Waals surface area contributed by atoms with Crippen LogP contribution in [-0.4, -0.2) is 42.1 Å². The van der Waals surface area contributed by atoms with Crippen LogP contribution in [0.15, 0.2) is 0 Å². The number of hydrogen-bond donors (Lipinski definition) is 0. The van der Waals surface area contributed by atoms with Gasteiger partial charge in [-0.1, -0.05) is 15.9 Å². The summed E-state index contributed by atoms with van der Waals surface area (Å²) in [5.74, 6) is 0.897. The molecule has 0 aromatic heterocycles. The molecule has 0 unspecified atom stereocenters. The molecule has 0 amide bonds. The molecule has 2 nitrogen and oxygen atoms in total. The SMILES string of the molecule is CN(CCOC(C)(C)C)CC1CC(Br)C1. The van der Waals surface area contributed by atoms with Gasteiger partial charge in [-0.05, 0) is 46.6 Å². The standard InChI is InChI=1S/C12H24BrNO/c1-12(2,3)15-6-5-14(4)9-10-7-11(13)8-10/h10-11H,5-9H2,1-4H3. The summed E-state index contributed by atoms with van der Waals surface area (Å²) in [6.07, 6.45) is 2.68. The molecule has 1 aliphatic carbocycles. The smallest absolute Gasteiger partial charge is 0.0600 e. The van der Waals surface area contributed by atoms with E-state index in [-0.39, 0.29) is 5.60 Å². The third kappa shape index (κ3) is 5.88. The number of halogens is 1. The fourth-order valence-corrected chi connectivity index (χ4v) is 2.90. The molecule has 3 heteroatoms. The second kappa shape index (κ2) is 5.65. The van der Waals surface area contributed by atoms with E-state index in [1.54, 1.807) is 0 Å². The van der Waals surface area contributed by atoms with Crippen molar-refractivity contribution in [3.63, 3.8) is 0 Å². The lowest BCUT2D eigenvalue weighted by atomic mass is 9.85. The lowest BCUT2D eigenvalue weighted by Gasteiger charge is -2.34. The first kappa shape index (κ1) is 13.5. The summed E-state index contributed by atoms with van der Waals surface area (Å²) in [7, 11) is 2.19. The Morgan fingerprint density at radius 1 is 1.33 bits per heavy atom. The normalized spacial score (nSPS) is 26.8. The van der Waals surface area contributed by atoms with Gasteiger partial charge < -0.3 is 9.64 Å². The van der Waals surface area contributed by atoms with Gasteiger partial charge in [-0.2, -0.15) is 0 Å². The number of ether oxygens (including phenoxy) is 1. The third-order valence-corrected chi connectivity index (χ3v) is 3.50. The maximum Gasteiger partial charge on any atom is 0.0600 e. The first-order valence-electron chi connectivity index (χ1n) is 5.83. The van der Waals surface area contributed by atoms with Crippen LogP contribution in [0.4, 0.5) is 0 Å². The van der Waals surface area contributed by atoms with E-state index >= 15 is 0 Å². The summed E-state index contributed by atoms with van der Waals surface area (Å²) >= 11 is 3.63. The van der Waals surface area contributed by atoms with E-state index in [1.807, 2.05) is 0 Å². The molecule has 0 heterocycles. The topological polar surface area (TPSA) is 12.5 Å². The Morgan fingerprint density at radius 2 is 1.93 bits per heavy atom. The minimum Gasteiger partial charge on any atom is -0.375 e.